The van der Waals surface area contributed by atoms with Crippen molar-refractivity contribution >= 4 is 5.97 Å². The quantitative estimate of drug-likeness (QED) is 0.761. The number of hydrogen-bond acceptors (Lipinski definition) is 4. The molecule has 16 heavy (non-hydrogen) atoms. The molecule has 0 radical (unpaired) electrons. The minimum atomic E-state index is -0.307. The highest BCUT2D eigenvalue weighted by atomic mass is 16.5. The molecular formula is C12H15NO3. The van der Waals surface area contributed by atoms with Crippen molar-refractivity contribution in [3.05, 3.63) is 35.4 Å². The number of nitrogens with one attached hydrogen (secondary N) is 1. The van der Waals surface area contributed by atoms with Crippen molar-refractivity contribution in [2.45, 2.75) is 6.04 Å². The standard InChI is InChI=1S/C12H15NO3/c1-15-12(14)10-4-2-3-9(7-10)11-8-16-6-5-13-11/h2-4,7,11,13H,5-6,8H2,1H3/t11-/m1/s1. The smallest absolute Gasteiger partial charge is 0.337 e. The van der Waals surface area contributed by atoms with Crippen LogP contribution in [0.4, 0.5) is 0 Å². The maximum absolute atomic E-state index is 11.4. The Hall–Kier alpha value is -1.39. The fourth-order valence-corrected chi connectivity index (χ4v) is 1.78. The van der Waals surface area contributed by atoms with Crippen molar-refractivity contribution in [2.75, 3.05) is 26.9 Å². The molecule has 4 nitrogen and oxygen atoms in total. The molecule has 1 aliphatic rings. The number of methoxy groups -OCH3 is 1. The zero-order valence-electron chi connectivity index (χ0n) is 9.23. The van der Waals surface area contributed by atoms with Gasteiger partial charge in [0.05, 0.1) is 31.9 Å². The summed E-state index contributed by atoms with van der Waals surface area (Å²) in [6.45, 7) is 2.23. The molecule has 1 heterocycles. The van der Waals surface area contributed by atoms with Crippen LogP contribution in [-0.4, -0.2) is 32.8 Å². The normalized spacial score (nSPS) is 20.4. The molecule has 86 valence electrons. The van der Waals surface area contributed by atoms with E-state index in [0.717, 1.165) is 18.7 Å². The summed E-state index contributed by atoms with van der Waals surface area (Å²) in [6.07, 6.45) is 0. The molecule has 0 unspecified atom stereocenters. The van der Waals surface area contributed by atoms with Crippen LogP contribution in [0.5, 0.6) is 0 Å². The molecule has 4 heteroatoms. The molecule has 1 N–H and O–H groups in total. The van der Waals surface area contributed by atoms with Gasteiger partial charge in [-0.25, -0.2) is 4.79 Å². The third kappa shape index (κ3) is 2.40. The Balaban J connectivity index is 2.17. The summed E-state index contributed by atoms with van der Waals surface area (Å²) in [5.74, 6) is -0.307. The average Bonchev–Trinajstić information content (AvgIpc) is 2.39. The van der Waals surface area contributed by atoms with E-state index in [2.05, 4.69) is 10.1 Å². The van der Waals surface area contributed by atoms with Gasteiger partial charge in [-0.3, -0.25) is 0 Å². The molecule has 2 rings (SSSR count). The molecule has 1 saturated heterocycles. The number of hydrogen-bond donors (Lipinski definition) is 1. The van der Waals surface area contributed by atoms with Crippen LogP contribution in [0.2, 0.25) is 0 Å². The number of benzene rings is 1. The highest BCUT2D eigenvalue weighted by Gasteiger charge is 2.16. The molecular weight excluding hydrogens is 206 g/mol. The Labute approximate surface area is 94.6 Å². The lowest BCUT2D eigenvalue weighted by atomic mass is 10.0. The van der Waals surface area contributed by atoms with Gasteiger partial charge < -0.3 is 14.8 Å². The van der Waals surface area contributed by atoms with E-state index in [9.17, 15) is 4.79 Å². The Bertz CT molecular complexity index is 372. The first kappa shape index (κ1) is 11.1. The van der Waals surface area contributed by atoms with Gasteiger partial charge in [-0.1, -0.05) is 12.1 Å². The molecule has 0 amide bonds. The van der Waals surface area contributed by atoms with E-state index >= 15 is 0 Å². The monoisotopic (exact) mass is 221 g/mol. The van der Waals surface area contributed by atoms with E-state index in [1.807, 2.05) is 18.2 Å². The van der Waals surface area contributed by atoms with E-state index < -0.39 is 0 Å². The van der Waals surface area contributed by atoms with E-state index in [1.165, 1.54) is 7.11 Å². The summed E-state index contributed by atoms with van der Waals surface area (Å²) in [4.78, 5) is 11.4. The summed E-state index contributed by atoms with van der Waals surface area (Å²) in [7, 11) is 1.39. The predicted octanol–water partition coefficient (Wildman–Crippen LogP) is 1.13. The lowest BCUT2D eigenvalue weighted by Gasteiger charge is -2.24. The molecule has 1 aliphatic heterocycles. The van der Waals surface area contributed by atoms with Crippen molar-refractivity contribution in [1.29, 1.82) is 0 Å². The Morgan fingerprint density at radius 2 is 2.44 bits per heavy atom. The average molecular weight is 221 g/mol. The van der Waals surface area contributed by atoms with Crippen molar-refractivity contribution in [1.82, 2.24) is 5.32 Å². The summed E-state index contributed by atoms with van der Waals surface area (Å²) >= 11 is 0. The lowest BCUT2D eigenvalue weighted by Crippen LogP contribution is -2.34. The maximum atomic E-state index is 11.4. The number of rotatable bonds is 2. The van der Waals surface area contributed by atoms with Crippen LogP contribution in [0.25, 0.3) is 0 Å². The summed E-state index contributed by atoms with van der Waals surface area (Å²) in [5.41, 5.74) is 1.63. The van der Waals surface area contributed by atoms with E-state index in [4.69, 9.17) is 4.74 Å². The van der Waals surface area contributed by atoms with E-state index in [0.29, 0.717) is 12.2 Å². The molecule has 1 fully saturated rings. The van der Waals surface area contributed by atoms with Crippen LogP contribution in [0, 0.1) is 0 Å². The Kier molecular flexibility index (Phi) is 3.54. The molecule has 0 saturated carbocycles. The Morgan fingerprint density at radius 3 is 3.12 bits per heavy atom. The summed E-state index contributed by atoms with van der Waals surface area (Å²) < 4.78 is 10.1. The fourth-order valence-electron chi connectivity index (χ4n) is 1.78. The number of esters is 1. The second kappa shape index (κ2) is 5.09. The van der Waals surface area contributed by atoms with Crippen LogP contribution in [-0.2, 0) is 9.47 Å². The van der Waals surface area contributed by atoms with Gasteiger partial charge >= 0.3 is 5.97 Å². The van der Waals surface area contributed by atoms with Crippen molar-refractivity contribution in [2.24, 2.45) is 0 Å². The third-order valence-electron chi connectivity index (χ3n) is 2.63. The van der Waals surface area contributed by atoms with Gasteiger partial charge in [0.15, 0.2) is 0 Å². The van der Waals surface area contributed by atoms with Crippen LogP contribution >= 0.6 is 0 Å². The first-order chi connectivity index (χ1) is 7.81. The minimum Gasteiger partial charge on any atom is -0.465 e. The van der Waals surface area contributed by atoms with E-state index in [-0.39, 0.29) is 12.0 Å². The van der Waals surface area contributed by atoms with Gasteiger partial charge in [-0.2, -0.15) is 0 Å². The van der Waals surface area contributed by atoms with Gasteiger partial charge in [-0.05, 0) is 17.7 Å². The topological polar surface area (TPSA) is 47.6 Å². The highest BCUT2D eigenvalue weighted by molar-refractivity contribution is 5.89. The van der Waals surface area contributed by atoms with Gasteiger partial charge in [0.2, 0.25) is 0 Å². The number of ether oxygens (including phenoxy) is 2. The van der Waals surface area contributed by atoms with Gasteiger partial charge in [0, 0.05) is 6.54 Å². The minimum absolute atomic E-state index is 0.165. The second-order valence-electron chi connectivity index (χ2n) is 3.70. The lowest BCUT2D eigenvalue weighted by molar-refractivity contribution is 0.0599. The highest BCUT2D eigenvalue weighted by Crippen LogP contribution is 2.17. The molecule has 0 bridgehead atoms. The second-order valence-corrected chi connectivity index (χ2v) is 3.70. The van der Waals surface area contributed by atoms with Crippen LogP contribution in [0.15, 0.2) is 24.3 Å². The molecule has 0 aliphatic carbocycles. The SMILES string of the molecule is COC(=O)c1cccc([C@H]2COCCN2)c1. The van der Waals surface area contributed by atoms with Gasteiger partial charge in [-0.15, -0.1) is 0 Å². The number of carbonyl (C=O) groups is 1. The molecule has 0 spiro atoms. The first-order valence-electron chi connectivity index (χ1n) is 5.30. The number of carbonyl (C=O) groups excluding carboxylic acids is 1. The Morgan fingerprint density at radius 1 is 1.56 bits per heavy atom. The molecule has 1 aromatic rings. The zero-order chi connectivity index (χ0) is 11.4. The van der Waals surface area contributed by atoms with Crippen LogP contribution in [0.3, 0.4) is 0 Å². The largest absolute Gasteiger partial charge is 0.465 e. The molecule has 1 aromatic carbocycles. The molecule has 1 atom stereocenters. The molecule has 0 aromatic heterocycles. The summed E-state index contributed by atoms with van der Waals surface area (Å²) in [5, 5.41) is 3.34. The van der Waals surface area contributed by atoms with Crippen molar-refractivity contribution in [3.8, 4) is 0 Å². The van der Waals surface area contributed by atoms with Gasteiger partial charge in [0.1, 0.15) is 0 Å². The maximum Gasteiger partial charge on any atom is 0.337 e. The van der Waals surface area contributed by atoms with Crippen LogP contribution < -0.4 is 5.32 Å². The van der Waals surface area contributed by atoms with Crippen molar-refractivity contribution < 1.29 is 14.3 Å². The fraction of sp³-hybridized carbons (Fsp3) is 0.417. The number of morpholine rings is 1. The van der Waals surface area contributed by atoms with Gasteiger partial charge in [0.25, 0.3) is 0 Å². The summed E-state index contributed by atoms with van der Waals surface area (Å²) in [6, 6.07) is 7.60. The third-order valence-corrected chi connectivity index (χ3v) is 2.63. The first-order valence-corrected chi connectivity index (χ1v) is 5.30. The van der Waals surface area contributed by atoms with Crippen molar-refractivity contribution in [3.63, 3.8) is 0 Å². The van der Waals surface area contributed by atoms with Crippen LogP contribution in [0.1, 0.15) is 22.0 Å². The predicted molar refractivity (Wildman–Crippen MR) is 59.3 cm³/mol. The van der Waals surface area contributed by atoms with E-state index in [1.54, 1.807) is 6.07 Å². The zero-order valence-corrected chi connectivity index (χ0v) is 9.23.